The number of nitrogens with two attached hydrogens (primary N) is 1. The van der Waals surface area contributed by atoms with Gasteiger partial charge in [-0.15, -0.1) is 0 Å². The van der Waals surface area contributed by atoms with Crippen LogP contribution < -0.4 is 10.5 Å². The maximum atomic E-state index is 13.8. The van der Waals surface area contributed by atoms with Crippen molar-refractivity contribution in [2.45, 2.75) is 31.2 Å². The van der Waals surface area contributed by atoms with Crippen LogP contribution in [0.5, 0.6) is 0 Å². The predicted molar refractivity (Wildman–Crippen MR) is 71.6 cm³/mol. The molecule has 0 aliphatic rings. The predicted octanol–water partition coefficient (Wildman–Crippen LogP) is 0.910. The second-order valence-corrected chi connectivity index (χ2v) is 5.92. The Morgan fingerprint density at radius 1 is 1.52 bits per heavy atom. The van der Waals surface area contributed by atoms with Crippen LogP contribution in [0.1, 0.15) is 30.6 Å². The van der Waals surface area contributed by atoms with Gasteiger partial charge in [0.2, 0.25) is 15.8 Å². The van der Waals surface area contributed by atoms with Crippen LogP contribution in [0.4, 0.5) is 10.1 Å². The fourth-order valence-electron chi connectivity index (χ4n) is 1.46. The summed E-state index contributed by atoms with van der Waals surface area (Å²) in [5, 5.41) is 18.0. The van der Waals surface area contributed by atoms with Gasteiger partial charge < -0.3 is 5.32 Å². The van der Waals surface area contributed by atoms with E-state index in [9.17, 15) is 27.7 Å². The lowest BCUT2D eigenvalue weighted by atomic mass is 10.1. The van der Waals surface area contributed by atoms with Gasteiger partial charge in [0.05, 0.1) is 4.92 Å². The molecule has 1 unspecified atom stereocenters. The third-order valence-electron chi connectivity index (χ3n) is 2.78. The number of sulfonamides is 1. The standard InChI is InChI=1S/C11H14FN3O5S/c1-3-6(2)14-11(16)7-4-8(15(17)18)10(12)9(5-7)21(13,19)20/h4-6H,3H2,1-2H3,(H,14,16)(H2,13,19,20). The molecule has 10 heteroatoms. The third-order valence-corrected chi connectivity index (χ3v) is 3.69. The minimum atomic E-state index is -4.54. The number of nitro groups is 1. The number of hydrogen-bond donors (Lipinski definition) is 2. The zero-order chi connectivity index (χ0) is 16.4. The average molecular weight is 319 g/mol. The second kappa shape index (κ2) is 6.14. The number of halogens is 1. The molecule has 0 saturated carbocycles. The van der Waals surface area contributed by atoms with Gasteiger partial charge in [-0.3, -0.25) is 14.9 Å². The van der Waals surface area contributed by atoms with Crippen LogP contribution in [0.2, 0.25) is 0 Å². The van der Waals surface area contributed by atoms with Crippen molar-refractivity contribution in [2.24, 2.45) is 5.14 Å². The molecule has 0 heterocycles. The van der Waals surface area contributed by atoms with Crippen molar-refractivity contribution in [1.82, 2.24) is 5.32 Å². The molecular weight excluding hydrogens is 305 g/mol. The Morgan fingerprint density at radius 3 is 2.52 bits per heavy atom. The normalized spacial score (nSPS) is 12.8. The van der Waals surface area contributed by atoms with E-state index in [1.807, 2.05) is 0 Å². The molecule has 0 bridgehead atoms. The Labute approximate surface area is 120 Å². The summed E-state index contributed by atoms with van der Waals surface area (Å²) in [5.74, 6) is -2.35. The van der Waals surface area contributed by atoms with Crippen LogP contribution >= 0.6 is 0 Å². The van der Waals surface area contributed by atoms with E-state index in [0.717, 1.165) is 0 Å². The van der Waals surface area contributed by atoms with Gasteiger partial charge in [0.15, 0.2) is 0 Å². The molecule has 0 saturated heterocycles. The minimum Gasteiger partial charge on any atom is -0.350 e. The van der Waals surface area contributed by atoms with E-state index in [2.05, 4.69) is 5.32 Å². The average Bonchev–Trinajstić information content (AvgIpc) is 2.36. The number of carbonyl (C=O) groups is 1. The maximum absolute atomic E-state index is 13.8. The monoisotopic (exact) mass is 319 g/mol. The number of amides is 1. The zero-order valence-corrected chi connectivity index (χ0v) is 12.1. The summed E-state index contributed by atoms with van der Waals surface area (Å²) in [4.78, 5) is 20.4. The number of nitrogens with one attached hydrogen (secondary N) is 1. The quantitative estimate of drug-likeness (QED) is 0.615. The smallest absolute Gasteiger partial charge is 0.307 e. The van der Waals surface area contributed by atoms with E-state index >= 15 is 0 Å². The van der Waals surface area contributed by atoms with Gasteiger partial charge in [-0.1, -0.05) is 6.92 Å². The van der Waals surface area contributed by atoms with Crippen molar-refractivity contribution >= 4 is 21.6 Å². The molecule has 0 aliphatic carbocycles. The Bertz CT molecular complexity index is 689. The molecule has 1 aromatic rings. The van der Waals surface area contributed by atoms with Gasteiger partial charge in [-0.25, -0.2) is 13.6 Å². The molecule has 3 N–H and O–H groups in total. The van der Waals surface area contributed by atoms with Gasteiger partial charge in [-0.2, -0.15) is 4.39 Å². The van der Waals surface area contributed by atoms with Crippen molar-refractivity contribution < 1.29 is 22.5 Å². The Morgan fingerprint density at radius 2 is 2.10 bits per heavy atom. The second-order valence-electron chi connectivity index (χ2n) is 4.39. The number of nitrogens with zero attached hydrogens (tertiary/aromatic N) is 1. The highest BCUT2D eigenvalue weighted by Crippen LogP contribution is 2.25. The topological polar surface area (TPSA) is 132 Å². The van der Waals surface area contributed by atoms with E-state index in [4.69, 9.17) is 5.14 Å². The van der Waals surface area contributed by atoms with Crippen LogP contribution in [0.15, 0.2) is 17.0 Å². The van der Waals surface area contributed by atoms with Crippen molar-refractivity contribution in [3.8, 4) is 0 Å². The van der Waals surface area contributed by atoms with Gasteiger partial charge in [0.1, 0.15) is 4.90 Å². The fourth-order valence-corrected chi connectivity index (χ4v) is 2.11. The highest BCUT2D eigenvalue weighted by molar-refractivity contribution is 7.89. The van der Waals surface area contributed by atoms with Crippen LogP contribution in [-0.2, 0) is 10.0 Å². The molecule has 0 fully saturated rings. The summed E-state index contributed by atoms with van der Waals surface area (Å²) >= 11 is 0. The van der Waals surface area contributed by atoms with Gasteiger partial charge in [0.25, 0.3) is 5.91 Å². The van der Waals surface area contributed by atoms with E-state index < -0.39 is 37.3 Å². The van der Waals surface area contributed by atoms with Crippen molar-refractivity contribution in [1.29, 1.82) is 0 Å². The summed E-state index contributed by atoms with van der Waals surface area (Å²) in [6, 6.07) is 1.11. The molecule has 1 rings (SSSR count). The van der Waals surface area contributed by atoms with Gasteiger partial charge in [-0.05, 0) is 19.4 Å². The summed E-state index contributed by atoms with van der Waals surface area (Å²) in [7, 11) is -4.54. The molecule has 0 radical (unpaired) electrons. The first-order chi connectivity index (χ1) is 9.57. The SMILES string of the molecule is CCC(C)NC(=O)c1cc([N+](=O)[O-])c(F)c(S(N)(=O)=O)c1. The molecule has 0 spiro atoms. The van der Waals surface area contributed by atoms with Gasteiger partial charge >= 0.3 is 5.69 Å². The number of carbonyl (C=O) groups excluding carboxylic acids is 1. The third kappa shape index (κ3) is 3.95. The Hall–Kier alpha value is -2.07. The van der Waals surface area contributed by atoms with Crippen molar-refractivity contribution in [3.63, 3.8) is 0 Å². The summed E-state index contributed by atoms with van der Waals surface area (Å²) in [5.41, 5.74) is -1.48. The zero-order valence-electron chi connectivity index (χ0n) is 11.3. The molecule has 1 atom stereocenters. The number of benzene rings is 1. The highest BCUT2D eigenvalue weighted by Gasteiger charge is 2.27. The summed E-state index contributed by atoms with van der Waals surface area (Å²) < 4.78 is 36.3. The first-order valence-corrected chi connectivity index (χ1v) is 7.44. The van der Waals surface area contributed by atoms with E-state index in [-0.39, 0.29) is 11.6 Å². The number of nitro benzene ring substituents is 1. The number of hydrogen-bond acceptors (Lipinski definition) is 5. The Balaban J connectivity index is 3.45. The molecule has 116 valence electrons. The first-order valence-electron chi connectivity index (χ1n) is 5.89. The molecule has 8 nitrogen and oxygen atoms in total. The molecule has 0 aliphatic heterocycles. The maximum Gasteiger partial charge on any atom is 0.307 e. The lowest BCUT2D eigenvalue weighted by Crippen LogP contribution is -2.32. The first kappa shape index (κ1) is 17.0. The fraction of sp³-hybridized carbons (Fsp3) is 0.364. The number of primary sulfonamides is 1. The number of rotatable bonds is 5. The van der Waals surface area contributed by atoms with Crippen LogP contribution in [0.25, 0.3) is 0 Å². The van der Waals surface area contributed by atoms with Crippen LogP contribution in [-0.4, -0.2) is 25.3 Å². The van der Waals surface area contributed by atoms with Gasteiger partial charge in [0, 0.05) is 17.7 Å². The molecular formula is C11H14FN3O5S. The van der Waals surface area contributed by atoms with Crippen molar-refractivity contribution in [3.05, 3.63) is 33.6 Å². The van der Waals surface area contributed by atoms with Crippen molar-refractivity contribution in [2.75, 3.05) is 0 Å². The molecule has 1 aromatic carbocycles. The summed E-state index contributed by atoms with van der Waals surface area (Å²) in [6.07, 6.45) is 0.594. The van der Waals surface area contributed by atoms with E-state index in [1.165, 1.54) is 0 Å². The molecule has 0 aromatic heterocycles. The highest BCUT2D eigenvalue weighted by atomic mass is 32.2. The summed E-state index contributed by atoms with van der Waals surface area (Å²) in [6.45, 7) is 3.49. The lowest BCUT2D eigenvalue weighted by molar-refractivity contribution is -0.387. The largest absolute Gasteiger partial charge is 0.350 e. The van der Waals surface area contributed by atoms with Crippen LogP contribution in [0, 0.1) is 15.9 Å². The van der Waals surface area contributed by atoms with E-state index in [0.29, 0.717) is 18.6 Å². The Kier molecular flexibility index (Phi) is 4.97. The molecule has 21 heavy (non-hydrogen) atoms. The molecule has 1 amide bonds. The van der Waals surface area contributed by atoms with Crippen LogP contribution in [0.3, 0.4) is 0 Å². The lowest BCUT2D eigenvalue weighted by Gasteiger charge is -2.12. The minimum absolute atomic E-state index is 0.237. The van der Waals surface area contributed by atoms with E-state index in [1.54, 1.807) is 13.8 Å².